The monoisotopic (exact) mass is 521 g/mol. The highest BCUT2D eigenvalue weighted by atomic mass is 127. The van der Waals surface area contributed by atoms with Gasteiger partial charge in [-0.15, -0.1) is 40.8 Å². The Kier molecular flexibility index (Phi) is 10.0. The molecule has 0 spiro atoms. The van der Waals surface area contributed by atoms with E-state index in [9.17, 15) is 0 Å². The molecule has 1 aromatic carbocycles. The van der Waals surface area contributed by atoms with Gasteiger partial charge >= 0.3 is 0 Å². The third-order valence-electron chi connectivity index (χ3n) is 5.10. The van der Waals surface area contributed by atoms with Crippen LogP contribution in [-0.2, 0) is 13.6 Å². The molecule has 0 atom stereocenters. The molecule has 30 heavy (non-hydrogen) atoms. The summed E-state index contributed by atoms with van der Waals surface area (Å²) in [6.07, 6.45) is 6.28. The van der Waals surface area contributed by atoms with Crippen molar-refractivity contribution in [2.24, 2.45) is 12.0 Å². The summed E-state index contributed by atoms with van der Waals surface area (Å²) in [5, 5.41) is 11.7. The molecule has 1 aliphatic heterocycles. The van der Waals surface area contributed by atoms with E-state index in [1.54, 1.807) is 0 Å². The predicted molar refractivity (Wildman–Crippen MR) is 134 cm³/mol. The van der Waals surface area contributed by atoms with Gasteiger partial charge in [-0.2, -0.15) is 0 Å². The summed E-state index contributed by atoms with van der Waals surface area (Å²) >= 11 is 0. The summed E-state index contributed by atoms with van der Waals surface area (Å²) in [6, 6.07) is 10.4. The average Bonchev–Trinajstić information content (AvgIpc) is 3.07. The van der Waals surface area contributed by atoms with E-state index >= 15 is 0 Å². The first-order chi connectivity index (χ1) is 14.2. The smallest absolute Gasteiger partial charge is 0.194 e. The minimum absolute atomic E-state index is 0. The van der Waals surface area contributed by atoms with E-state index in [0.29, 0.717) is 13.1 Å². The summed E-state index contributed by atoms with van der Waals surface area (Å²) in [6.45, 7) is 11.8. The normalized spacial score (nSPS) is 15.3. The molecule has 0 unspecified atom stereocenters. The van der Waals surface area contributed by atoms with E-state index in [0.717, 1.165) is 50.3 Å². The Morgan fingerprint density at radius 2 is 1.90 bits per heavy atom. The molecule has 0 radical (unpaired) electrons. The van der Waals surface area contributed by atoms with Gasteiger partial charge in [0, 0.05) is 46.3 Å². The summed E-state index contributed by atoms with van der Waals surface area (Å²) < 4.78 is 1.98. The van der Waals surface area contributed by atoms with Crippen molar-refractivity contribution in [3.05, 3.63) is 66.3 Å². The SMILES string of the molecule is C=CCNC(=NCc1nnc(C)n1C)N1CCN(C/C=C/c2ccccc2)CC1.I. The number of nitrogens with one attached hydrogen (secondary N) is 1. The molecule has 0 amide bonds. The average molecular weight is 521 g/mol. The van der Waals surface area contributed by atoms with Gasteiger partial charge in [-0.05, 0) is 12.5 Å². The molecule has 2 heterocycles. The Morgan fingerprint density at radius 1 is 1.17 bits per heavy atom. The molecular formula is C22H32IN7. The minimum Gasteiger partial charge on any atom is -0.353 e. The number of piperazine rings is 1. The Labute approximate surface area is 196 Å². The number of aliphatic imine (C=N–C) groups is 1. The van der Waals surface area contributed by atoms with Gasteiger partial charge in [0.25, 0.3) is 0 Å². The molecular weight excluding hydrogens is 489 g/mol. The maximum absolute atomic E-state index is 4.78. The Balaban J connectivity index is 0.00000320. The number of hydrogen-bond donors (Lipinski definition) is 1. The maximum Gasteiger partial charge on any atom is 0.194 e. The second kappa shape index (κ2) is 12.5. The molecule has 1 fully saturated rings. The number of guanidine groups is 1. The molecule has 0 aliphatic carbocycles. The van der Waals surface area contributed by atoms with E-state index in [2.05, 4.69) is 68.3 Å². The fourth-order valence-corrected chi connectivity index (χ4v) is 3.21. The van der Waals surface area contributed by atoms with E-state index in [4.69, 9.17) is 4.99 Å². The number of hydrogen-bond acceptors (Lipinski definition) is 4. The Hall–Kier alpha value is -2.20. The lowest BCUT2D eigenvalue weighted by Gasteiger charge is -2.36. The van der Waals surface area contributed by atoms with Crippen molar-refractivity contribution < 1.29 is 0 Å². The van der Waals surface area contributed by atoms with Crippen LogP contribution in [-0.4, -0.2) is 69.8 Å². The number of benzene rings is 1. The molecule has 8 heteroatoms. The molecule has 1 aromatic heterocycles. The van der Waals surface area contributed by atoms with Crippen LogP contribution >= 0.6 is 24.0 Å². The highest BCUT2D eigenvalue weighted by Gasteiger charge is 2.19. The molecule has 0 saturated carbocycles. The van der Waals surface area contributed by atoms with Crippen LogP contribution in [0.5, 0.6) is 0 Å². The lowest BCUT2D eigenvalue weighted by molar-refractivity contribution is 0.194. The highest BCUT2D eigenvalue weighted by molar-refractivity contribution is 14.0. The van der Waals surface area contributed by atoms with Crippen molar-refractivity contribution >= 4 is 36.0 Å². The van der Waals surface area contributed by atoms with Crippen molar-refractivity contribution in [1.29, 1.82) is 0 Å². The van der Waals surface area contributed by atoms with Crippen molar-refractivity contribution in [2.75, 3.05) is 39.3 Å². The predicted octanol–water partition coefficient (Wildman–Crippen LogP) is 2.70. The van der Waals surface area contributed by atoms with Gasteiger partial charge < -0.3 is 14.8 Å². The summed E-state index contributed by atoms with van der Waals surface area (Å²) in [5.41, 5.74) is 1.24. The van der Waals surface area contributed by atoms with Crippen molar-refractivity contribution in [3.8, 4) is 0 Å². The molecule has 7 nitrogen and oxygen atoms in total. The van der Waals surface area contributed by atoms with Gasteiger partial charge in [0.05, 0.1) is 0 Å². The third kappa shape index (κ3) is 6.94. The third-order valence-corrected chi connectivity index (χ3v) is 5.10. The van der Waals surface area contributed by atoms with Gasteiger partial charge in [0.1, 0.15) is 12.4 Å². The number of rotatable bonds is 7. The van der Waals surface area contributed by atoms with Gasteiger partial charge in [-0.1, -0.05) is 48.6 Å². The molecule has 3 rings (SSSR count). The first kappa shape index (κ1) is 24.1. The maximum atomic E-state index is 4.78. The van der Waals surface area contributed by atoms with Crippen LogP contribution in [0.3, 0.4) is 0 Å². The Morgan fingerprint density at radius 3 is 2.53 bits per heavy atom. The van der Waals surface area contributed by atoms with E-state index in [1.807, 2.05) is 30.7 Å². The molecule has 1 aliphatic rings. The van der Waals surface area contributed by atoms with Crippen molar-refractivity contribution in [3.63, 3.8) is 0 Å². The topological polar surface area (TPSA) is 61.6 Å². The van der Waals surface area contributed by atoms with Crippen LogP contribution in [0.1, 0.15) is 17.2 Å². The summed E-state index contributed by atoms with van der Waals surface area (Å²) in [7, 11) is 1.97. The highest BCUT2D eigenvalue weighted by Crippen LogP contribution is 2.06. The zero-order chi connectivity index (χ0) is 20.5. The number of aryl methyl sites for hydroxylation is 1. The lowest BCUT2D eigenvalue weighted by atomic mass is 10.2. The first-order valence-corrected chi connectivity index (χ1v) is 10.1. The van der Waals surface area contributed by atoms with E-state index in [1.165, 1.54) is 5.56 Å². The largest absolute Gasteiger partial charge is 0.353 e. The van der Waals surface area contributed by atoms with Crippen molar-refractivity contribution in [2.45, 2.75) is 13.5 Å². The van der Waals surface area contributed by atoms with Crippen LogP contribution in [0.2, 0.25) is 0 Å². The van der Waals surface area contributed by atoms with Crippen LogP contribution in [0.25, 0.3) is 6.08 Å². The zero-order valence-corrected chi connectivity index (χ0v) is 20.2. The zero-order valence-electron chi connectivity index (χ0n) is 17.9. The second-order valence-electron chi connectivity index (χ2n) is 7.13. The van der Waals surface area contributed by atoms with Gasteiger partial charge in [-0.3, -0.25) is 4.90 Å². The van der Waals surface area contributed by atoms with Crippen LogP contribution in [0.4, 0.5) is 0 Å². The fourth-order valence-electron chi connectivity index (χ4n) is 3.21. The quantitative estimate of drug-likeness (QED) is 0.263. The summed E-state index contributed by atoms with van der Waals surface area (Å²) in [5.74, 6) is 2.67. The lowest BCUT2D eigenvalue weighted by Crippen LogP contribution is -2.52. The molecule has 1 N–H and O–H groups in total. The minimum atomic E-state index is 0. The van der Waals surface area contributed by atoms with E-state index < -0.39 is 0 Å². The second-order valence-corrected chi connectivity index (χ2v) is 7.13. The molecule has 1 saturated heterocycles. The van der Waals surface area contributed by atoms with Crippen molar-refractivity contribution in [1.82, 2.24) is 29.9 Å². The first-order valence-electron chi connectivity index (χ1n) is 10.1. The molecule has 2 aromatic rings. The fraction of sp³-hybridized carbons (Fsp3) is 0.409. The van der Waals surface area contributed by atoms with Crippen LogP contribution in [0, 0.1) is 6.92 Å². The van der Waals surface area contributed by atoms with Gasteiger partial charge in [-0.25, -0.2) is 4.99 Å². The number of aromatic nitrogens is 3. The van der Waals surface area contributed by atoms with E-state index in [-0.39, 0.29) is 24.0 Å². The summed E-state index contributed by atoms with van der Waals surface area (Å²) in [4.78, 5) is 9.56. The van der Waals surface area contributed by atoms with Gasteiger partial charge in [0.15, 0.2) is 11.8 Å². The molecule has 162 valence electrons. The standard InChI is InChI=1S/C22H31N7.HI/c1-4-12-23-22(24-18-21-26-25-19(2)27(21)3)29-16-14-28(15-17-29)13-8-11-20-9-6-5-7-10-20;/h4-11H,1,12-18H2,2-3H3,(H,23,24);1H/b11-8+;. The van der Waals surface area contributed by atoms with Crippen LogP contribution in [0.15, 0.2) is 54.1 Å². The number of nitrogens with zero attached hydrogens (tertiary/aromatic N) is 6. The van der Waals surface area contributed by atoms with Gasteiger partial charge in [0.2, 0.25) is 0 Å². The number of halogens is 1. The molecule has 0 bridgehead atoms. The Bertz CT molecular complexity index is 836. The van der Waals surface area contributed by atoms with Crippen LogP contribution < -0.4 is 5.32 Å².